The molecule has 58 valence electrons. The third-order valence-electron chi connectivity index (χ3n) is 1.96. The Bertz CT molecular complexity index is 144. The maximum atomic E-state index is 10.8. The van der Waals surface area contributed by atoms with Crippen LogP contribution in [0.15, 0.2) is 0 Å². The molecule has 1 saturated heterocycles. The Hall–Kier alpha value is -0.570. The van der Waals surface area contributed by atoms with Crippen molar-refractivity contribution in [3.05, 3.63) is 0 Å². The minimum atomic E-state index is -0.527. The van der Waals surface area contributed by atoms with E-state index in [1.165, 1.54) is 0 Å². The van der Waals surface area contributed by atoms with Crippen molar-refractivity contribution in [3.8, 4) is 0 Å². The molecule has 3 atom stereocenters. The molecule has 1 N–H and O–H groups in total. The van der Waals surface area contributed by atoms with E-state index in [1.807, 2.05) is 6.92 Å². The summed E-state index contributed by atoms with van der Waals surface area (Å²) in [5.74, 6) is -0.568. The molecule has 1 fully saturated rings. The van der Waals surface area contributed by atoms with Crippen LogP contribution in [0.2, 0.25) is 0 Å². The lowest BCUT2D eigenvalue weighted by molar-refractivity contribution is -0.164. The van der Waals surface area contributed by atoms with Gasteiger partial charge in [-0.1, -0.05) is 6.92 Å². The first kappa shape index (κ1) is 7.54. The van der Waals surface area contributed by atoms with E-state index in [4.69, 9.17) is 4.74 Å². The number of carbonyl (C=O) groups is 1. The number of ether oxygens (including phenoxy) is 1. The summed E-state index contributed by atoms with van der Waals surface area (Å²) >= 11 is 0. The summed E-state index contributed by atoms with van der Waals surface area (Å²) < 4.78 is 4.77. The third-order valence-corrected chi connectivity index (χ3v) is 1.96. The van der Waals surface area contributed by atoms with Gasteiger partial charge in [0.15, 0.2) is 0 Å². The lowest BCUT2D eigenvalue weighted by Gasteiger charge is -2.28. The molecular formula is C7H12O3. The Balaban J connectivity index is 2.60. The predicted molar refractivity (Wildman–Crippen MR) is 35.3 cm³/mol. The summed E-state index contributed by atoms with van der Waals surface area (Å²) in [6.45, 7) is 3.90. The molecule has 3 unspecified atom stereocenters. The van der Waals surface area contributed by atoms with Crippen molar-refractivity contribution in [2.45, 2.75) is 20.0 Å². The van der Waals surface area contributed by atoms with Crippen LogP contribution < -0.4 is 0 Å². The number of rotatable bonds is 0. The lowest BCUT2D eigenvalue weighted by Crippen LogP contribution is -2.40. The maximum absolute atomic E-state index is 10.8. The molecule has 0 bridgehead atoms. The van der Waals surface area contributed by atoms with E-state index in [-0.39, 0.29) is 17.8 Å². The number of hydrogen-bond donors (Lipinski definition) is 1. The van der Waals surface area contributed by atoms with Gasteiger partial charge in [-0.2, -0.15) is 0 Å². The number of aliphatic hydroxyl groups excluding tert-OH is 1. The van der Waals surface area contributed by atoms with Crippen LogP contribution in [-0.4, -0.2) is 23.8 Å². The monoisotopic (exact) mass is 144 g/mol. The van der Waals surface area contributed by atoms with Gasteiger partial charge in [0.25, 0.3) is 0 Å². The highest BCUT2D eigenvalue weighted by molar-refractivity contribution is 5.73. The Kier molecular flexibility index (Phi) is 1.94. The van der Waals surface area contributed by atoms with Gasteiger partial charge in [0.05, 0.1) is 18.6 Å². The van der Waals surface area contributed by atoms with Crippen molar-refractivity contribution in [3.63, 3.8) is 0 Å². The van der Waals surface area contributed by atoms with Crippen LogP contribution in [-0.2, 0) is 9.53 Å². The molecular weight excluding hydrogens is 132 g/mol. The van der Waals surface area contributed by atoms with E-state index in [0.29, 0.717) is 6.61 Å². The molecule has 1 aliphatic heterocycles. The summed E-state index contributed by atoms with van der Waals surface area (Å²) in [5, 5.41) is 9.32. The molecule has 1 heterocycles. The van der Waals surface area contributed by atoms with Gasteiger partial charge in [-0.3, -0.25) is 4.79 Å². The molecule has 0 spiro atoms. The third kappa shape index (κ3) is 1.14. The molecule has 0 amide bonds. The molecule has 1 rings (SSSR count). The average molecular weight is 144 g/mol. The smallest absolute Gasteiger partial charge is 0.311 e. The SMILES string of the molecule is CC1COC(=O)C(C)C1O. The van der Waals surface area contributed by atoms with Crippen LogP contribution in [0.3, 0.4) is 0 Å². The minimum absolute atomic E-state index is 0.0766. The normalized spacial score (nSPS) is 41.1. The van der Waals surface area contributed by atoms with Gasteiger partial charge in [-0.25, -0.2) is 0 Å². The van der Waals surface area contributed by atoms with Crippen molar-refractivity contribution >= 4 is 5.97 Å². The van der Waals surface area contributed by atoms with Gasteiger partial charge in [0.1, 0.15) is 0 Å². The Labute approximate surface area is 60.0 Å². The van der Waals surface area contributed by atoms with Crippen LogP contribution in [0, 0.1) is 11.8 Å². The van der Waals surface area contributed by atoms with Crippen molar-refractivity contribution < 1.29 is 14.6 Å². The second-order valence-electron chi connectivity index (χ2n) is 2.89. The molecule has 0 aliphatic carbocycles. The van der Waals surface area contributed by atoms with Gasteiger partial charge in [-0.05, 0) is 6.92 Å². The van der Waals surface area contributed by atoms with Gasteiger partial charge >= 0.3 is 5.97 Å². The van der Waals surface area contributed by atoms with Gasteiger partial charge in [0.2, 0.25) is 0 Å². The quantitative estimate of drug-likeness (QED) is 0.493. The van der Waals surface area contributed by atoms with E-state index >= 15 is 0 Å². The second kappa shape index (κ2) is 2.58. The largest absolute Gasteiger partial charge is 0.465 e. The number of esters is 1. The zero-order chi connectivity index (χ0) is 7.72. The first-order valence-electron chi connectivity index (χ1n) is 3.47. The van der Waals surface area contributed by atoms with E-state index in [1.54, 1.807) is 6.92 Å². The van der Waals surface area contributed by atoms with E-state index in [2.05, 4.69) is 0 Å². The first-order valence-corrected chi connectivity index (χ1v) is 3.47. The minimum Gasteiger partial charge on any atom is -0.465 e. The fourth-order valence-corrected chi connectivity index (χ4v) is 1.08. The molecule has 1 aliphatic rings. The lowest BCUT2D eigenvalue weighted by atomic mass is 9.92. The highest BCUT2D eigenvalue weighted by Gasteiger charge is 2.33. The molecule has 0 radical (unpaired) electrons. The topological polar surface area (TPSA) is 46.5 Å². The molecule has 0 aromatic rings. The van der Waals surface area contributed by atoms with Gasteiger partial charge < -0.3 is 9.84 Å². The van der Waals surface area contributed by atoms with Crippen LogP contribution in [0.4, 0.5) is 0 Å². The molecule has 0 saturated carbocycles. The number of hydrogen-bond acceptors (Lipinski definition) is 3. The summed E-state index contributed by atoms with van der Waals surface area (Å²) in [5.41, 5.74) is 0. The van der Waals surface area contributed by atoms with E-state index in [0.717, 1.165) is 0 Å². The van der Waals surface area contributed by atoms with Gasteiger partial charge in [0, 0.05) is 5.92 Å². The molecule has 0 aromatic carbocycles. The Morgan fingerprint density at radius 3 is 2.70 bits per heavy atom. The predicted octanol–water partition coefficient (Wildman–Crippen LogP) is 0.176. The highest BCUT2D eigenvalue weighted by atomic mass is 16.5. The zero-order valence-electron chi connectivity index (χ0n) is 6.20. The van der Waals surface area contributed by atoms with Crippen LogP contribution in [0.1, 0.15) is 13.8 Å². The molecule has 3 nitrogen and oxygen atoms in total. The van der Waals surface area contributed by atoms with E-state index < -0.39 is 6.10 Å². The number of aliphatic hydroxyl groups is 1. The summed E-state index contributed by atoms with van der Waals surface area (Å²) in [7, 11) is 0. The first-order chi connectivity index (χ1) is 4.63. The van der Waals surface area contributed by atoms with Crippen LogP contribution >= 0.6 is 0 Å². The molecule has 3 heteroatoms. The number of carbonyl (C=O) groups excluding carboxylic acids is 1. The molecule has 10 heavy (non-hydrogen) atoms. The number of cyclic esters (lactones) is 1. The average Bonchev–Trinajstić information content (AvgIpc) is 1.93. The van der Waals surface area contributed by atoms with Crippen molar-refractivity contribution in [2.24, 2.45) is 11.8 Å². The van der Waals surface area contributed by atoms with Crippen LogP contribution in [0.25, 0.3) is 0 Å². The van der Waals surface area contributed by atoms with Crippen molar-refractivity contribution in [2.75, 3.05) is 6.61 Å². The standard InChI is InChI=1S/C7H12O3/c1-4-3-10-7(9)5(2)6(4)8/h4-6,8H,3H2,1-2H3. The summed E-state index contributed by atoms with van der Waals surface area (Å²) in [6.07, 6.45) is -0.527. The highest BCUT2D eigenvalue weighted by Crippen LogP contribution is 2.20. The second-order valence-corrected chi connectivity index (χ2v) is 2.89. The maximum Gasteiger partial charge on any atom is 0.311 e. The molecule has 0 aromatic heterocycles. The van der Waals surface area contributed by atoms with Crippen molar-refractivity contribution in [1.82, 2.24) is 0 Å². The van der Waals surface area contributed by atoms with Gasteiger partial charge in [-0.15, -0.1) is 0 Å². The summed E-state index contributed by atoms with van der Waals surface area (Å²) in [4.78, 5) is 10.8. The van der Waals surface area contributed by atoms with Crippen LogP contribution in [0.5, 0.6) is 0 Å². The van der Waals surface area contributed by atoms with Crippen molar-refractivity contribution in [1.29, 1.82) is 0 Å². The Morgan fingerprint density at radius 1 is 1.60 bits per heavy atom. The Morgan fingerprint density at radius 2 is 2.20 bits per heavy atom. The summed E-state index contributed by atoms with van der Waals surface area (Å²) in [6, 6.07) is 0. The zero-order valence-corrected chi connectivity index (χ0v) is 6.20. The fourth-order valence-electron chi connectivity index (χ4n) is 1.08. The van der Waals surface area contributed by atoms with E-state index in [9.17, 15) is 9.90 Å². The fraction of sp³-hybridized carbons (Fsp3) is 0.857.